The summed E-state index contributed by atoms with van der Waals surface area (Å²) in [5.74, 6) is -0.475. The summed E-state index contributed by atoms with van der Waals surface area (Å²) in [6, 6.07) is 11.2. The highest BCUT2D eigenvalue weighted by molar-refractivity contribution is 6.30. The Morgan fingerprint density at radius 2 is 1.58 bits per heavy atom. The molecule has 2 aromatic carbocycles. The van der Waals surface area contributed by atoms with Crippen LogP contribution in [0.4, 0.5) is 4.39 Å². The molecule has 0 fully saturated rings. The van der Waals surface area contributed by atoms with E-state index in [1.54, 1.807) is 24.3 Å². The first kappa shape index (κ1) is 14.0. The Morgan fingerprint density at radius 1 is 0.947 bits per heavy atom. The van der Waals surface area contributed by atoms with Crippen LogP contribution in [0.1, 0.15) is 11.1 Å². The molecule has 98 valence electrons. The summed E-state index contributed by atoms with van der Waals surface area (Å²) in [5, 5.41) is 1.05. The van der Waals surface area contributed by atoms with Gasteiger partial charge in [-0.05, 0) is 41.5 Å². The molecule has 0 saturated heterocycles. The molecule has 2 aromatic rings. The first-order valence-corrected chi connectivity index (χ1v) is 6.50. The first-order chi connectivity index (χ1) is 9.04. The molecule has 4 heteroatoms. The highest BCUT2D eigenvalue weighted by Crippen LogP contribution is 2.17. The molecule has 0 spiro atoms. The number of hydrogen-bond acceptors (Lipinski definition) is 1. The summed E-state index contributed by atoms with van der Waals surface area (Å²) in [6.45, 7) is 0. The molecule has 0 saturated carbocycles. The minimum Gasteiger partial charge on any atom is -0.299 e. The lowest BCUT2D eigenvalue weighted by atomic mass is 10.0. The summed E-state index contributed by atoms with van der Waals surface area (Å²) in [5.41, 5.74) is 1.18. The molecule has 19 heavy (non-hydrogen) atoms. The molecule has 2 rings (SSSR count). The van der Waals surface area contributed by atoms with Crippen LogP contribution in [0.25, 0.3) is 0 Å². The van der Waals surface area contributed by atoms with Crippen LogP contribution in [0, 0.1) is 5.82 Å². The number of ketones is 1. The number of rotatable bonds is 4. The van der Waals surface area contributed by atoms with Crippen LogP contribution < -0.4 is 0 Å². The van der Waals surface area contributed by atoms with Crippen LogP contribution in [0.3, 0.4) is 0 Å². The van der Waals surface area contributed by atoms with Crippen molar-refractivity contribution in [3.63, 3.8) is 0 Å². The van der Waals surface area contributed by atoms with Gasteiger partial charge >= 0.3 is 0 Å². The monoisotopic (exact) mass is 296 g/mol. The lowest BCUT2D eigenvalue weighted by Gasteiger charge is -2.04. The van der Waals surface area contributed by atoms with E-state index in [2.05, 4.69) is 0 Å². The summed E-state index contributed by atoms with van der Waals surface area (Å²) >= 11 is 11.6. The van der Waals surface area contributed by atoms with E-state index < -0.39 is 5.82 Å². The average Bonchev–Trinajstić information content (AvgIpc) is 2.37. The van der Waals surface area contributed by atoms with Crippen LogP contribution in [0.5, 0.6) is 0 Å². The van der Waals surface area contributed by atoms with E-state index in [4.69, 9.17) is 23.2 Å². The van der Waals surface area contributed by atoms with Crippen LogP contribution in [-0.4, -0.2) is 5.78 Å². The zero-order valence-corrected chi connectivity index (χ0v) is 11.5. The third kappa shape index (κ3) is 4.05. The van der Waals surface area contributed by atoms with Crippen LogP contribution in [-0.2, 0) is 17.6 Å². The van der Waals surface area contributed by atoms with Crippen molar-refractivity contribution in [2.45, 2.75) is 12.8 Å². The first-order valence-electron chi connectivity index (χ1n) is 5.74. The second kappa shape index (κ2) is 6.18. The standard InChI is InChI=1S/C15H11Cl2FO/c16-12-3-1-10(2-4-12)7-14(19)9-11-8-13(17)5-6-15(11)18/h1-6,8H,7,9H2. The van der Waals surface area contributed by atoms with Crippen molar-refractivity contribution in [2.75, 3.05) is 0 Å². The molecule has 0 heterocycles. The van der Waals surface area contributed by atoms with Gasteiger partial charge in [-0.15, -0.1) is 0 Å². The summed E-state index contributed by atoms with van der Waals surface area (Å²) in [6.07, 6.45) is 0.290. The maximum absolute atomic E-state index is 13.5. The molecule has 0 bridgehead atoms. The Kier molecular flexibility index (Phi) is 4.56. The van der Waals surface area contributed by atoms with Crippen molar-refractivity contribution in [2.24, 2.45) is 0 Å². The lowest BCUT2D eigenvalue weighted by Crippen LogP contribution is -2.07. The molecule has 0 aliphatic carbocycles. The number of carbonyl (C=O) groups is 1. The third-order valence-electron chi connectivity index (χ3n) is 2.71. The van der Waals surface area contributed by atoms with Crippen molar-refractivity contribution < 1.29 is 9.18 Å². The molecule has 0 aliphatic heterocycles. The zero-order chi connectivity index (χ0) is 13.8. The topological polar surface area (TPSA) is 17.1 Å². The molecule has 0 N–H and O–H groups in total. The van der Waals surface area contributed by atoms with Gasteiger partial charge in [0.15, 0.2) is 0 Å². The van der Waals surface area contributed by atoms with Crippen molar-refractivity contribution in [1.29, 1.82) is 0 Å². The normalized spacial score (nSPS) is 10.5. The van der Waals surface area contributed by atoms with E-state index in [-0.39, 0.29) is 18.6 Å². The van der Waals surface area contributed by atoms with E-state index in [1.165, 1.54) is 18.2 Å². The van der Waals surface area contributed by atoms with E-state index in [1.807, 2.05) is 0 Å². The van der Waals surface area contributed by atoms with Crippen molar-refractivity contribution in [3.8, 4) is 0 Å². The van der Waals surface area contributed by atoms with Crippen LogP contribution in [0.2, 0.25) is 10.0 Å². The Balaban J connectivity index is 2.05. The SMILES string of the molecule is O=C(Cc1ccc(Cl)cc1)Cc1cc(Cl)ccc1F. The molecule has 0 amide bonds. The Morgan fingerprint density at radius 3 is 2.26 bits per heavy atom. The highest BCUT2D eigenvalue weighted by atomic mass is 35.5. The van der Waals surface area contributed by atoms with E-state index in [9.17, 15) is 9.18 Å². The van der Waals surface area contributed by atoms with Crippen molar-refractivity contribution in [1.82, 2.24) is 0 Å². The smallest absolute Gasteiger partial charge is 0.141 e. The van der Waals surface area contributed by atoms with Gasteiger partial charge in [-0.2, -0.15) is 0 Å². The summed E-state index contributed by atoms with van der Waals surface area (Å²) < 4.78 is 13.5. The number of Topliss-reactive ketones (excluding diaryl/α,β-unsaturated/α-hetero) is 1. The second-order valence-corrected chi connectivity index (χ2v) is 5.13. The van der Waals surface area contributed by atoms with E-state index >= 15 is 0 Å². The summed E-state index contributed by atoms with van der Waals surface area (Å²) in [7, 11) is 0. The molecule has 0 unspecified atom stereocenters. The zero-order valence-electron chi connectivity index (χ0n) is 10.00. The Bertz CT molecular complexity index is 594. The van der Waals surface area contributed by atoms with Crippen molar-refractivity contribution >= 4 is 29.0 Å². The average molecular weight is 297 g/mol. The van der Waals surface area contributed by atoms with Crippen molar-refractivity contribution in [3.05, 3.63) is 69.5 Å². The number of halogens is 3. The largest absolute Gasteiger partial charge is 0.299 e. The Labute approximate surface area is 121 Å². The Hall–Kier alpha value is -1.38. The van der Waals surface area contributed by atoms with Gasteiger partial charge in [0.25, 0.3) is 0 Å². The maximum atomic E-state index is 13.5. The molecular weight excluding hydrogens is 286 g/mol. The predicted molar refractivity (Wildman–Crippen MR) is 75.3 cm³/mol. The quantitative estimate of drug-likeness (QED) is 0.812. The maximum Gasteiger partial charge on any atom is 0.141 e. The van der Waals surface area contributed by atoms with Gasteiger partial charge in [-0.25, -0.2) is 4.39 Å². The van der Waals surface area contributed by atoms with Gasteiger partial charge in [-0.3, -0.25) is 4.79 Å². The highest BCUT2D eigenvalue weighted by Gasteiger charge is 2.09. The number of carbonyl (C=O) groups excluding carboxylic acids is 1. The van der Waals surface area contributed by atoms with Gasteiger partial charge in [-0.1, -0.05) is 35.3 Å². The molecule has 0 aromatic heterocycles. The summed E-state index contributed by atoms with van der Waals surface area (Å²) in [4.78, 5) is 11.9. The fourth-order valence-electron chi connectivity index (χ4n) is 1.78. The third-order valence-corrected chi connectivity index (χ3v) is 3.20. The van der Waals surface area contributed by atoms with Gasteiger partial charge < -0.3 is 0 Å². The predicted octanol–water partition coefficient (Wildman–Crippen LogP) is 4.49. The van der Waals surface area contributed by atoms with Crippen LogP contribution >= 0.6 is 23.2 Å². The minimum atomic E-state index is -0.408. The number of benzene rings is 2. The minimum absolute atomic E-state index is 0.0367. The molecule has 0 radical (unpaired) electrons. The van der Waals surface area contributed by atoms with Gasteiger partial charge in [0.1, 0.15) is 11.6 Å². The van der Waals surface area contributed by atoms with Gasteiger partial charge in [0, 0.05) is 22.9 Å². The molecule has 1 nitrogen and oxygen atoms in total. The number of hydrogen-bond donors (Lipinski definition) is 0. The molecule has 0 atom stereocenters. The molecule has 0 aliphatic rings. The van der Waals surface area contributed by atoms with Crippen LogP contribution in [0.15, 0.2) is 42.5 Å². The molecular formula is C15H11Cl2FO. The van der Waals surface area contributed by atoms with E-state index in [0.29, 0.717) is 15.6 Å². The van der Waals surface area contributed by atoms with E-state index in [0.717, 1.165) is 5.56 Å². The fraction of sp³-hybridized carbons (Fsp3) is 0.133. The lowest BCUT2D eigenvalue weighted by molar-refractivity contribution is -0.117. The fourth-order valence-corrected chi connectivity index (χ4v) is 2.10. The van der Waals surface area contributed by atoms with Gasteiger partial charge in [0.2, 0.25) is 0 Å². The second-order valence-electron chi connectivity index (χ2n) is 4.25. The van der Waals surface area contributed by atoms with Gasteiger partial charge in [0.05, 0.1) is 0 Å².